The van der Waals surface area contributed by atoms with Gasteiger partial charge in [-0.1, -0.05) is 30.3 Å². The molecular formula is C18H26N2O4. The number of alkyl carbamates (subject to hydrolysis) is 1. The highest BCUT2D eigenvalue weighted by Gasteiger charge is 2.30. The van der Waals surface area contributed by atoms with Crippen LogP contribution in [0.1, 0.15) is 38.8 Å². The minimum atomic E-state index is -0.883. The summed E-state index contributed by atoms with van der Waals surface area (Å²) in [5.74, 6) is -0.479. The Morgan fingerprint density at radius 3 is 2.46 bits per heavy atom. The Labute approximate surface area is 143 Å². The molecule has 0 radical (unpaired) electrons. The summed E-state index contributed by atoms with van der Waals surface area (Å²) in [6, 6.07) is 8.40. The predicted molar refractivity (Wildman–Crippen MR) is 90.5 cm³/mol. The van der Waals surface area contributed by atoms with Crippen LogP contribution in [0.4, 0.5) is 4.79 Å². The fraction of sp³-hybridized carbons (Fsp3) is 0.556. The van der Waals surface area contributed by atoms with Gasteiger partial charge in [0, 0.05) is 6.04 Å². The highest BCUT2D eigenvalue weighted by molar-refractivity contribution is 5.82. The third-order valence-electron chi connectivity index (χ3n) is 3.89. The molecule has 1 unspecified atom stereocenters. The van der Waals surface area contributed by atoms with E-state index in [1.54, 1.807) is 32.9 Å². The number of nitrogens with zero attached hydrogens (tertiary/aromatic N) is 1. The van der Waals surface area contributed by atoms with Crippen molar-refractivity contribution in [3.63, 3.8) is 0 Å². The van der Waals surface area contributed by atoms with Crippen molar-refractivity contribution in [2.24, 2.45) is 0 Å². The monoisotopic (exact) mass is 334 g/mol. The van der Waals surface area contributed by atoms with Gasteiger partial charge in [0.2, 0.25) is 0 Å². The molecular weight excluding hydrogens is 308 g/mol. The molecule has 0 spiro atoms. The van der Waals surface area contributed by atoms with E-state index in [0.717, 1.165) is 13.0 Å². The van der Waals surface area contributed by atoms with Gasteiger partial charge < -0.3 is 14.8 Å². The summed E-state index contributed by atoms with van der Waals surface area (Å²) in [4.78, 5) is 26.7. The van der Waals surface area contributed by atoms with E-state index in [4.69, 9.17) is 9.47 Å². The smallest absolute Gasteiger partial charge is 0.408 e. The largest absolute Gasteiger partial charge is 0.462 e. The molecule has 1 aliphatic rings. The molecule has 1 N–H and O–H groups in total. The van der Waals surface area contributed by atoms with Crippen LogP contribution in [0.5, 0.6) is 0 Å². The van der Waals surface area contributed by atoms with Crippen LogP contribution < -0.4 is 5.32 Å². The van der Waals surface area contributed by atoms with Gasteiger partial charge in [0.05, 0.1) is 0 Å². The summed E-state index contributed by atoms with van der Waals surface area (Å²) in [5, 5.41) is 2.61. The van der Waals surface area contributed by atoms with E-state index in [-0.39, 0.29) is 6.04 Å². The lowest BCUT2D eigenvalue weighted by Gasteiger charge is -2.37. The van der Waals surface area contributed by atoms with E-state index in [1.807, 2.05) is 25.2 Å². The molecule has 0 aromatic heterocycles. The van der Waals surface area contributed by atoms with Gasteiger partial charge >= 0.3 is 12.1 Å². The van der Waals surface area contributed by atoms with Crippen LogP contribution in [0.15, 0.2) is 30.3 Å². The lowest BCUT2D eigenvalue weighted by molar-refractivity contribution is -0.149. The van der Waals surface area contributed by atoms with Gasteiger partial charge in [-0.05, 0) is 46.3 Å². The van der Waals surface area contributed by atoms with Crippen molar-refractivity contribution in [1.29, 1.82) is 0 Å². The second kappa shape index (κ2) is 7.66. The van der Waals surface area contributed by atoms with Gasteiger partial charge in [0.1, 0.15) is 12.2 Å². The van der Waals surface area contributed by atoms with E-state index in [1.165, 1.54) is 0 Å². The van der Waals surface area contributed by atoms with E-state index in [2.05, 4.69) is 10.2 Å². The quantitative estimate of drug-likeness (QED) is 0.838. The maximum absolute atomic E-state index is 12.5. The van der Waals surface area contributed by atoms with Crippen molar-refractivity contribution in [3.8, 4) is 0 Å². The number of likely N-dealkylation sites (tertiary alicyclic amines) is 1. The molecule has 1 saturated heterocycles. The molecule has 6 nitrogen and oxygen atoms in total. The molecule has 0 aliphatic carbocycles. The molecule has 1 amide bonds. The van der Waals surface area contributed by atoms with E-state index in [9.17, 15) is 9.59 Å². The molecule has 1 aromatic carbocycles. The molecule has 6 heteroatoms. The number of rotatable bonds is 5. The van der Waals surface area contributed by atoms with Crippen LogP contribution in [-0.2, 0) is 14.3 Å². The maximum atomic E-state index is 12.5. The third-order valence-corrected chi connectivity index (χ3v) is 3.89. The summed E-state index contributed by atoms with van der Waals surface area (Å²) in [7, 11) is 2.00. The Morgan fingerprint density at radius 1 is 1.29 bits per heavy atom. The average Bonchev–Trinajstić information content (AvgIpc) is 2.50. The molecule has 1 aromatic rings. The first-order valence-corrected chi connectivity index (χ1v) is 8.17. The zero-order valence-electron chi connectivity index (χ0n) is 14.7. The fourth-order valence-corrected chi connectivity index (χ4v) is 2.39. The average molecular weight is 334 g/mol. The van der Waals surface area contributed by atoms with E-state index < -0.39 is 23.7 Å². The number of hydrogen-bond acceptors (Lipinski definition) is 5. The van der Waals surface area contributed by atoms with Crippen LogP contribution in [0, 0.1) is 0 Å². The number of likely N-dealkylation sites (N-methyl/N-ethyl adjacent to an activating group) is 1. The van der Waals surface area contributed by atoms with Gasteiger partial charge in [-0.3, -0.25) is 4.90 Å². The number of carbonyl (C=O) groups is 2. The number of esters is 1. The standard InChI is InChI=1S/C18H26N2O4/c1-18(2,3)24-17(22)19-15(13-8-6-5-7-9-13)16(21)23-12-14-10-11-20(14)4/h5-9,14-15H,10-12H2,1-4H3,(H,19,22)/t14-,15?/m1/s1. The number of benzene rings is 1. The second-order valence-electron chi connectivity index (χ2n) is 7.04. The molecule has 0 saturated carbocycles. The Hall–Kier alpha value is -2.08. The minimum Gasteiger partial charge on any atom is -0.462 e. The minimum absolute atomic E-state index is 0.256. The Morgan fingerprint density at radius 2 is 1.96 bits per heavy atom. The van der Waals surface area contributed by atoms with Gasteiger partial charge in [-0.15, -0.1) is 0 Å². The number of hydrogen-bond donors (Lipinski definition) is 1. The topological polar surface area (TPSA) is 67.9 Å². The molecule has 0 bridgehead atoms. The van der Waals surface area contributed by atoms with Crippen LogP contribution in [0.2, 0.25) is 0 Å². The third kappa shape index (κ3) is 5.23. The zero-order chi connectivity index (χ0) is 17.7. The van der Waals surface area contributed by atoms with Crippen LogP contribution >= 0.6 is 0 Å². The molecule has 1 aliphatic heterocycles. The Bertz CT molecular complexity index is 568. The summed E-state index contributed by atoms with van der Waals surface area (Å²) in [6.45, 7) is 6.66. The lowest BCUT2D eigenvalue weighted by Crippen LogP contribution is -2.48. The number of nitrogens with one attached hydrogen (secondary N) is 1. The first kappa shape index (κ1) is 18.3. The van der Waals surface area contributed by atoms with Gasteiger partial charge in [0.15, 0.2) is 6.04 Å². The molecule has 2 rings (SSSR count). The highest BCUT2D eigenvalue weighted by Crippen LogP contribution is 2.19. The second-order valence-corrected chi connectivity index (χ2v) is 7.04. The summed E-state index contributed by atoms with van der Waals surface area (Å²) in [5.41, 5.74) is 0.0273. The molecule has 1 fully saturated rings. The normalized spacial score (nSPS) is 19.1. The first-order valence-electron chi connectivity index (χ1n) is 8.17. The fourth-order valence-electron chi connectivity index (χ4n) is 2.39. The van der Waals surface area contributed by atoms with Crippen molar-refractivity contribution in [3.05, 3.63) is 35.9 Å². The molecule has 24 heavy (non-hydrogen) atoms. The van der Waals surface area contributed by atoms with Crippen molar-refractivity contribution in [1.82, 2.24) is 10.2 Å². The zero-order valence-corrected chi connectivity index (χ0v) is 14.7. The number of ether oxygens (including phenoxy) is 2. The van der Waals surface area contributed by atoms with Crippen LogP contribution in [-0.4, -0.2) is 48.8 Å². The molecule has 2 atom stereocenters. The first-order chi connectivity index (χ1) is 11.3. The van der Waals surface area contributed by atoms with E-state index in [0.29, 0.717) is 12.2 Å². The SMILES string of the molecule is CN1CC[C@@H]1COC(=O)C(NC(=O)OC(C)(C)C)c1ccccc1. The van der Waals surface area contributed by atoms with Crippen molar-refractivity contribution < 1.29 is 19.1 Å². The van der Waals surface area contributed by atoms with Gasteiger partial charge in [0.25, 0.3) is 0 Å². The van der Waals surface area contributed by atoms with E-state index >= 15 is 0 Å². The summed E-state index contributed by atoms with van der Waals surface area (Å²) in [6.07, 6.45) is 0.369. The Kier molecular flexibility index (Phi) is 5.83. The van der Waals surface area contributed by atoms with Gasteiger partial charge in [-0.25, -0.2) is 9.59 Å². The molecule has 132 valence electrons. The predicted octanol–water partition coefficient (Wildman–Crippen LogP) is 2.50. The highest BCUT2D eigenvalue weighted by atomic mass is 16.6. The maximum Gasteiger partial charge on any atom is 0.408 e. The Balaban J connectivity index is 2.02. The van der Waals surface area contributed by atoms with Crippen molar-refractivity contribution in [2.45, 2.75) is 44.9 Å². The number of amides is 1. The lowest BCUT2D eigenvalue weighted by atomic mass is 10.1. The van der Waals surface area contributed by atoms with Crippen LogP contribution in [0.25, 0.3) is 0 Å². The van der Waals surface area contributed by atoms with Gasteiger partial charge in [-0.2, -0.15) is 0 Å². The number of carbonyl (C=O) groups excluding carboxylic acids is 2. The van der Waals surface area contributed by atoms with Crippen LogP contribution in [0.3, 0.4) is 0 Å². The molecule has 1 heterocycles. The van der Waals surface area contributed by atoms with Crippen molar-refractivity contribution >= 4 is 12.1 Å². The summed E-state index contributed by atoms with van der Waals surface area (Å²) < 4.78 is 10.7. The van der Waals surface area contributed by atoms with Crippen molar-refractivity contribution in [2.75, 3.05) is 20.2 Å². The summed E-state index contributed by atoms with van der Waals surface area (Å²) >= 11 is 0.